The fourth-order valence-electron chi connectivity index (χ4n) is 2.96. The minimum absolute atomic E-state index is 0.150. The summed E-state index contributed by atoms with van der Waals surface area (Å²) in [5, 5.41) is 11.3. The van der Waals surface area contributed by atoms with E-state index in [0.29, 0.717) is 29.0 Å². The van der Waals surface area contributed by atoms with Crippen LogP contribution in [-0.2, 0) is 17.6 Å². The third-order valence-electron chi connectivity index (χ3n) is 4.44. The Morgan fingerprint density at radius 1 is 1.10 bits per heavy atom. The standard InChI is InChI=1S/C22H25N3O4S/c1-15-12-16(10-11-19(15)28-3)6-4-9-21-24-25-22(29-21)30-14-20(26)23-17-7-5-8-18(13-17)27-2/h5,7-8,10-13H,4,6,9,14H2,1-3H3,(H,23,26). The number of methoxy groups -OCH3 is 2. The largest absolute Gasteiger partial charge is 0.497 e. The van der Waals surface area contributed by atoms with Crippen molar-refractivity contribution < 1.29 is 18.7 Å². The first kappa shape index (κ1) is 21.7. The third-order valence-corrected chi connectivity index (χ3v) is 5.26. The summed E-state index contributed by atoms with van der Waals surface area (Å²) in [5.74, 6) is 2.20. The van der Waals surface area contributed by atoms with Gasteiger partial charge in [-0.15, -0.1) is 10.2 Å². The van der Waals surface area contributed by atoms with Gasteiger partial charge in [-0.05, 0) is 49.1 Å². The Labute approximate surface area is 180 Å². The van der Waals surface area contributed by atoms with Gasteiger partial charge in [0.1, 0.15) is 11.5 Å². The van der Waals surface area contributed by atoms with Crippen LogP contribution < -0.4 is 14.8 Å². The second-order valence-electron chi connectivity index (χ2n) is 6.69. The highest BCUT2D eigenvalue weighted by Gasteiger charge is 2.10. The van der Waals surface area contributed by atoms with Gasteiger partial charge in [0.15, 0.2) is 0 Å². The molecule has 0 saturated heterocycles. The Bertz CT molecular complexity index is 990. The molecule has 7 nitrogen and oxygen atoms in total. The van der Waals surface area contributed by atoms with Crippen molar-refractivity contribution in [3.63, 3.8) is 0 Å². The molecule has 1 amide bonds. The van der Waals surface area contributed by atoms with E-state index in [4.69, 9.17) is 13.9 Å². The highest BCUT2D eigenvalue weighted by atomic mass is 32.2. The summed E-state index contributed by atoms with van der Waals surface area (Å²) in [6, 6.07) is 13.4. The summed E-state index contributed by atoms with van der Waals surface area (Å²) in [7, 11) is 3.26. The number of benzene rings is 2. The summed E-state index contributed by atoms with van der Waals surface area (Å²) in [5.41, 5.74) is 3.05. The van der Waals surface area contributed by atoms with Gasteiger partial charge < -0.3 is 19.2 Å². The number of nitrogens with one attached hydrogen (secondary N) is 1. The highest BCUT2D eigenvalue weighted by molar-refractivity contribution is 7.99. The minimum Gasteiger partial charge on any atom is -0.497 e. The lowest BCUT2D eigenvalue weighted by molar-refractivity contribution is -0.113. The Morgan fingerprint density at radius 3 is 2.73 bits per heavy atom. The van der Waals surface area contributed by atoms with E-state index in [2.05, 4.69) is 27.6 Å². The minimum atomic E-state index is -0.150. The Hall–Kier alpha value is -3.00. The normalized spacial score (nSPS) is 10.6. The van der Waals surface area contributed by atoms with Crippen LogP contribution in [0.4, 0.5) is 5.69 Å². The van der Waals surface area contributed by atoms with Gasteiger partial charge in [-0.1, -0.05) is 30.0 Å². The quantitative estimate of drug-likeness (QED) is 0.483. The van der Waals surface area contributed by atoms with E-state index in [1.165, 1.54) is 17.3 Å². The van der Waals surface area contributed by atoms with Crippen LogP contribution in [0.2, 0.25) is 0 Å². The summed E-state index contributed by atoms with van der Waals surface area (Å²) < 4.78 is 16.1. The molecule has 0 atom stereocenters. The lowest BCUT2D eigenvalue weighted by Gasteiger charge is -2.06. The molecule has 3 rings (SSSR count). The van der Waals surface area contributed by atoms with E-state index in [1.807, 2.05) is 25.1 Å². The van der Waals surface area contributed by atoms with Crippen LogP contribution >= 0.6 is 11.8 Å². The monoisotopic (exact) mass is 427 g/mol. The van der Waals surface area contributed by atoms with Crippen LogP contribution in [0.15, 0.2) is 52.1 Å². The van der Waals surface area contributed by atoms with Gasteiger partial charge in [0.05, 0.1) is 20.0 Å². The fourth-order valence-corrected chi connectivity index (χ4v) is 3.54. The van der Waals surface area contributed by atoms with Gasteiger partial charge in [0, 0.05) is 18.2 Å². The molecule has 0 bridgehead atoms. The lowest BCUT2D eigenvalue weighted by atomic mass is 10.1. The predicted octanol–water partition coefficient (Wildman–Crippen LogP) is 4.30. The van der Waals surface area contributed by atoms with Crippen molar-refractivity contribution >= 4 is 23.4 Å². The van der Waals surface area contributed by atoms with Crippen molar-refractivity contribution in [1.29, 1.82) is 0 Å². The van der Waals surface area contributed by atoms with Crippen molar-refractivity contribution in [2.24, 2.45) is 0 Å². The average molecular weight is 428 g/mol. The molecule has 1 aromatic heterocycles. The van der Waals surface area contributed by atoms with Gasteiger partial charge in [0.2, 0.25) is 11.8 Å². The van der Waals surface area contributed by atoms with Gasteiger partial charge in [-0.25, -0.2) is 0 Å². The second kappa shape index (κ2) is 10.7. The topological polar surface area (TPSA) is 86.5 Å². The highest BCUT2D eigenvalue weighted by Crippen LogP contribution is 2.21. The van der Waals surface area contributed by atoms with E-state index >= 15 is 0 Å². The van der Waals surface area contributed by atoms with Crippen LogP contribution in [0.5, 0.6) is 11.5 Å². The summed E-state index contributed by atoms with van der Waals surface area (Å²) >= 11 is 1.22. The molecule has 0 aliphatic carbocycles. The van der Waals surface area contributed by atoms with Crippen molar-refractivity contribution in [3.8, 4) is 11.5 Å². The maximum absolute atomic E-state index is 12.1. The number of aromatic nitrogens is 2. The second-order valence-corrected chi connectivity index (χ2v) is 7.61. The molecule has 0 aliphatic rings. The van der Waals surface area contributed by atoms with Crippen LogP contribution in [0, 0.1) is 6.92 Å². The van der Waals surface area contributed by atoms with E-state index in [0.717, 1.165) is 24.2 Å². The molecule has 0 unspecified atom stereocenters. The number of nitrogens with zero attached hydrogens (tertiary/aromatic N) is 2. The van der Waals surface area contributed by atoms with Crippen LogP contribution in [0.3, 0.4) is 0 Å². The molecule has 8 heteroatoms. The lowest BCUT2D eigenvalue weighted by Crippen LogP contribution is -2.13. The van der Waals surface area contributed by atoms with Crippen molar-refractivity contribution in [2.75, 3.05) is 25.3 Å². The Kier molecular flexibility index (Phi) is 7.73. The van der Waals surface area contributed by atoms with Gasteiger partial charge in [-0.3, -0.25) is 4.79 Å². The molecule has 30 heavy (non-hydrogen) atoms. The van der Waals surface area contributed by atoms with Gasteiger partial charge >= 0.3 is 0 Å². The van der Waals surface area contributed by atoms with Crippen molar-refractivity contribution in [2.45, 2.75) is 31.4 Å². The SMILES string of the molecule is COc1cccc(NC(=O)CSc2nnc(CCCc3ccc(OC)c(C)c3)o2)c1. The smallest absolute Gasteiger partial charge is 0.277 e. The molecular weight excluding hydrogens is 402 g/mol. The summed E-state index contributed by atoms with van der Waals surface area (Å²) in [4.78, 5) is 12.1. The predicted molar refractivity (Wildman–Crippen MR) is 116 cm³/mol. The van der Waals surface area contributed by atoms with Crippen molar-refractivity contribution in [3.05, 3.63) is 59.5 Å². The number of rotatable bonds is 10. The maximum atomic E-state index is 12.1. The Balaban J connectivity index is 1.42. The molecule has 1 heterocycles. The third kappa shape index (κ3) is 6.25. The Morgan fingerprint density at radius 2 is 1.97 bits per heavy atom. The first-order chi connectivity index (χ1) is 14.6. The molecule has 158 valence electrons. The number of ether oxygens (including phenoxy) is 2. The molecule has 1 N–H and O–H groups in total. The number of carbonyl (C=O) groups excluding carboxylic acids is 1. The zero-order valence-electron chi connectivity index (χ0n) is 17.3. The average Bonchev–Trinajstić information content (AvgIpc) is 3.20. The molecule has 0 saturated carbocycles. The van der Waals surface area contributed by atoms with Gasteiger partial charge in [0.25, 0.3) is 5.22 Å². The summed E-state index contributed by atoms with van der Waals surface area (Å²) in [6.07, 6.45) is 2.50. The maximum Gasteiger partial charge on any atom is 0.277 e. The number of carbonyl (C=O) groups is 1. The fraction of sp³-hybridized carbons (Fsp3) is 0.318. The van der Waals surface area contributed by atoms with E-state index in [1.54, 1.807) is 26.4 Å². The molecule has 0 aliphatic heterocycles. The van der Waals surface area contributed by atoms with Crippen LogP contribution in [0.25, 0.3) is 0 Å². The molecule has 0 spiro atoms. The first-order valence-electron chi connectivity index (χ1n) is 9.60. The zero-order valence-corrected chi connectivity index (χ0v) is 18.1. The number of hydrogen-bond donors (Lipinski definition) is 1. The van der Waals surface area contributed by atoms with Gasteiger partial charge in [-0.2, -0.15) is 0 Å². The van der Waals surface area contributed by atoms with Crippen LogP contribution in [-0.4, -0.2) is 36.1 Å². The number of anilines is 1. The molecule has 3 aromatic rings. The van der Waals surface area contributed by atoms with Crippen LogP contribution in [0.1, 0.15) is 23.4 Å². The molecule has 0 radical (unpaired) electrons. The number of hydrogen-bond acceptors (Lipinski definition) is 7. The van der Waals surface area contributed by atoms with E-state index in [-0.39, 0.29) is 11.7 Å². The number of thioether (sulfide) groups is 1. The summed E-state index contributed by atoms with van der Waals surface area (Å²) in [6.45, 7) is 2.04. The molecule has 0 fully saturated rings. The molecule has 2 aromatic carbocycles. The number of aryl methyl sites for hydroxylation is 3. The first-order valence-corrected chi connectivity index (χ1v) is 10.6. The number of amides is 1. The molecular formula is C22H25N3O4S. The van der Waals surface area contributed by atoms with E-state index in [9.17, 15) is 4.79 Å². The zero-order chi connectivity index (χ0) is 21.3. The van der Waals surface area contributed by atoms with E-state index < -0.39 is 0 Å². The van der Waals surface area contributed by atoms with Crippen molar-refractivity contribution in [1.82, 2.24) is 10.2 Å².